The highest BCUT2D eigenvalue weighted by Gasteiger charge is 2.36. The Morgan fingerprint density at radius 2 is 1.70 bits per heavy atom. The molecular formula is C30H35N3O4. The zero-order valence-corrected chi connectivity index (χ0v) is 21.1. The van der Waals surface area contributed by atoms with Crippen molar-refractivity contribution in [2.45, 2.75) is 76.3 Å². The third-order valence-electron chi connectivity index (χ3n) is 8.17. The quantitative estimate of drug-likeness (QED) is 0.540. The first-order valence-corrected chi connectivity index (χ1v) is 13.5. The number of hydrazone groups is 1. The number of hydrogen-bond donors (Lipinski definition) is 2. The molecule has 2 fully saturated rings. The Morgan fingerprint density at radius 1 is 0.973 bits per heavy atom. The molecule has 1 heterocycles. The summed E-state index contributed by atoms with van der Waals surface area (Å²) in [6.45, 7) is 0.397. The maximum atomic E-state index is 13.4. The highest BCUT2D eigenvalue weighted by molar-refractivity contribution is 6.04. The molecule has 2 aromatic carbocycles. The van der Waals surface area contributed by atoms with Gasteiger partial charge in [-0.25, -0.2) is 5.01 Å². The Kier molecular flexibility index (Phi) is 7.68. The van der Waals surface area contributed by atoms with Crippen molar-refractivity contribution in [1.29, 1.82) is 0 Å². The molecule has 5 rings (SSSR count). The second-order valence-corrected chi connectivity index (χ2v) is 10.7. The van der Waals surface area contributed by atoms with E-state index in [-0.39, 0.29) is 29.7 Å². The number of nitrogens with zero attached hydrogens (tertiary/aromatic N) is 2. The summed E-state index contributed by atoms with van der Waals surface area (Å²) in [5.74, 6) is -1.05. The number of benzene rings is 2. The summed E-state index contributed by atoms with van der Waals surface area (Å²) >= 11 is 0. The molecule has 2 saturated carbocycles. The van der Waals surface area contributed by atoms with Crippen molar-refractivity contribution >= 4 is 23.5 Å². The van der Waals surface area contributed by atoms with Crippen molar-refractivity contribution in [3.8, 4) is 0 Å². The summed E-state index contributed by atoms with van der Waals surface area (Å²) in [6.07, 6.45) is 7.26. The smallest absolute Gasteiger partial charge is 0.306 e. The average Bonchev–Trinajstić information content (AvgIpc) is 3.60. The van der Waals surface area contributed by atoms with Crippen molar-refractivity contribution in [1.82, 2.24) is 10.3 Å². The fourth-order valence-corrected chi connectivity index (χ4v) is 6.12. The second-order valence-electron chi connectivity index (χ2n) is 10.7. The average molecular weight is 502 g/mol. The Bertz CT molecular complexity index is 1160. The molecule has 0 aromatic heterocycles. The minimum Gasteiger partial charge on any atom is -0.481 e. The Morgan fingerprint density at radius 3 is 2.38 bits per heavy atom. The highest BCUT2D eigenvalue weighted by Crippen LogP contribution is 2.38. The maximum absolute atomic E-state index is 13.4. The topological polar surface area (TPSA) is 99.1 Å². The van der Waals surface area contributed by atoms with Gasteiger partial charge in [0.15, 0.2) is 0 Å². The lowest BCUT2D eigenvalue weighted by atomic mass is 9.83. The number of rotatable bonds is 8. The van der Waals surface area contributed by atoms with E-state index in [0.717, 1.165) is 48.1 Å². The van der Waals surface area contributed by atoms with Crippen LogP contribution in [0, 0.1) is 11.8 Å². The molecule has 0 spiro atoms. The molecule has 194 valence electrons. The van der Waals surface area contributed by atoms with E-state index >= 15 is 0 Å². The molecule has 0 saturated heterocycles. The molecular weight excluding hydrogens is 466 g/mol. The SMILES string of the molecule is O=C(N[C@@H]1CC[C@@H](C(=O)O)C1)C(c1ccc(CN2N=C(c3ccccc3)CCC2=O)cc1)C1CCCC1. The largest absolute Gasteiger partial charge is 0.481 e. The molecule has 37 heavy (non-hydrogen) atoms. The lowest BCUT2D eigenvalue weighted by Crippen LogP contribution is -2.39. The van der Waals surface area contributed by atoms with Gasteiger partial charge in [0, 0.05) is 18.9 Å². The van der Waals surface area contributed by atoms with Crippen LogP contribution in [0.4, 0.5) is 0 Å². The van der Waals surface area contributed by atoms with E-state index in [1.165, 1.54) is 0 Å². The molecule has 2 amide bonds. The van der Waals surface area contributed by atoms with Crippen LogP contribution in [0.2, 0.25) is 0 Å². The lowest BCUT2D eigenvalue weighted by Gasteiger charge is -2.26. The molecule has 3 aliphatic rings. The summed E-state index contributed by atoms with van der Waals surface area (Å²) in [6, 6.07) is 17.9. The van der Waals surface area contributed by atoms with E-state index < -0.39 is 5.97 Å². The molecule has 2 N–H and O–H groups in total. The number of aliphatic carboxylic acids is 1. The third-order valence-corrected chi connectivity index (χ3v) is 8.17. The molecule has 2 aliphatic carbocycles. The van der Waals surface area contributed by atoms with Crippen LogP contribution in [0.3, 0.4) is 0 Å². The normalized spacial score (nSPS) is 23.1. The van der Waals surface area contributed by atoms with E-state index in [1.807, 2.05) is 54.6 Å². The molecule has 0 bridgehead atoms. The van der Waals surface area contributed by atoms with Gasteiger partial charge in [0.2, 0.25) is 11.8 Å². The summed E-state index contributed by atoms with van der Waals surface area (Å²) < 4.78 is 0. The van der Waals surface area contributed by atoms with E-state index in [2.05, 4.69) is 10.4 Å². The lowest BCUT2D eigenvalue weighted by molar-refractivity contribution is -0.141. The first-order chi connectivity index (χ1) is 18.0. The predicted molar refractivity (Wildman–Crippen MR) is 141 cm³/mol. The third kappa shape index (κ3) is 5.92. The molecule has 2 aromatic rings. The van der Waals surface area contributed by atoms with Gasteiger partial charge in [0.1, 0.15) is 0 Å². The van der Waals surface area contributed by atoms with Crippen LogP contribution in [0.15, 0.2) is 59.7 Å². The van der Waals surface area contributed by atoms with E-state index in [1.54, 1.807) is 5.01 Å². The van der Waals surface area contributed by atoms with Crippen LogP contribution in [-0.2, 0) is 20.9 Å². The molecule has 0 radical (unpaired) electrons. The minimum atomic E-state index is -0.771. The summed E-state index contributed by atoms with van der Waals surface area (Å²) in [7, 11) is 0. The van der Waals surface area contributed by atoms with E-state index in [4.69, 9.17) is 0 Å². The molecule has 7 nitrogen and oxygen atoms in total. The van der Waals surface area contributed by atoms with Gasteiger partial charge in [-0.2, -0.15) is 5.10 Å². The Labute approximate surface area is 217 Å². The number of carbonyl (C=O) groups is 3. The Hall–Kier alpha value is -3.48. The van der Waals surface area contributed by atoms with Crippen LogP contribution in [0.5, 0.6) is 0 Å². The number of hydrogen-bond acceptors (Lipinski definition) is 4. The fraction of sp³-hybridized carbons (Fsp3) is 0.467. The van der Waals surface area contributed by atoms with Gasteiger partial charge in [-0.1, -0.05) is 67.4 Å². The van der Waals surface area contributed by atoms with Crippen molar-refractivity contribution < 1.29 is 19.5 Å². The number of carboxylic acids is 1. The molecule has 1 aliphatic heterocycles. The first kappa shape index (κ1) is 25.2. The number of amides is 2. The fourth-order valence-electron chi connectivity index (χ4n) is 6.12. The predicted octanol–water partition coefficient (Wildman–Crippen LogP) is 4.86. The summed E-state index contributed by atoms with van der Waals surface area (Å²) in [5, 5.41) is 18.7. The number of nitrogens with one attached hydrogen (secondary N) is 1. The van der Waals surface area contributed by atoms with Gasteiger partial charge in [0.05, 0.1) is 24.1 Å². The van der Waals surface area contributed by atoms with Gasteiger partial charge >= 0.3 is 5.97 Å². The van der Waals surface area contributed by atoms with Gasteiger partial charge in [-0.05, 0) is 54.7 Å². The molecule has 3 atom stereocenters. The van der Waals surface area contributed by atoms with E-state index in [0.29, 0.717) is 44.6 Å². The number of carboxylic acid groups (broad SMARTS) is 1. The van der Waals surface area contributed by atoms with Gasteiger partial charge in [0.25, 0.3) is 0 Å². The monoisotopic (exact) mass is 501 g/mol. The molecule has 7 heteroatoms. The second kappa shape index (κ2) is 11.3. The maximum Gasteiger partial charge on any atom is 0.306 e. The van der Waals surface area contributed by atoms with Gasteiger partial charge < -0.3 is 10.4 Å². The van der Waals surface area contributed by atoms with Crippen LogP contribution in [0.1, 0.15) is 80.4 Å². The van der Waals surface area contributed by atoms with Crippen LogP contribution >= 0.6 is 0 Å². The van der Waals surface area contributed by atoms with Crippen LogP contribution in [-0.4, -0.2) is 39.7 Å². The van der Waals surface area contributed by atoms with Crippen molar-refractivity contribution in [3.05, 3.63) is 71.3 Å². The minimum absolute atomic E-state index is 0.0130. The van der Waals surface area contributed by atoms with Crippen LogP contribution < -0.4 is 5.32 Å². The zero-order valence-electron chi connectivity index (χ0n) is 21.1. The summed E-state index contributed by atoms with van der Waals surface area (Å²) in [4.78, 5) is 37.4. The highest BCUT2D eigenvalue weighted by atomic mass is 16.4. The number of carbonyl (C=O) groups excluding carboxylic acids is 2. The molecule has 1 unspecified atom stereocenters. The zero-order chi connectivity index (χ0) is 25.8. The van der Waals surface area contributed by atoms with Gasteiger partial charge in [-0.15, -0.1) is 0 Å². The van der Waals surface area contributed by atoms with Gasteiger partial charge in [-0.3, -0.25) is 14.4 Å². The van der Waals surface area contributed by atoms with Crippen molar-refractivity contribution in [2.75, 3.05) is 0 Å². The standard InChI is InChI=1S/C30H35N3O4/c34-27-17-16-26(21-6-2-1-3-7-21)32-33(27)19-20-10-12-23(13-11-20)28(22-8-4-5-9-22)29(35)31-25-15-14-24(18-25)30(36)37/h1-3,6-7,10-13,22,24-25,28H,4-5,8-9,14-19H2,(H,31,35)(H,36,37)/t24-,25-,28?/m1/s1. The van der Waals surface area contributed by atoms with Crippen molar-refractivity contribution in [3.63, 3.8) is 0 Å². The van der Waals surface area contributed by atoms with Crippen molar-refractivity contribution in [2.24, 2.45) is 16.9 Å². The summed E-state index contributed by atoms with van der Waals surface area (Å²) in [5.41, 5.74) is 3.92. The van der Waals surface area contributed by atoms with E-state index in [9.17, 15) is 19.5 Å². The Balaban J connectivity index is 1.29. The van der Waals surface area contributed by atoms with Crippen LogP contribution in [0.25, 0.3) is 0 Å². The first-order valence-electron chi connectivity index (χ1n) is 13.5.